The molecular weight excluding hydrogens is 204 g/mol. The minimum atomic E-state index is -0.527. The minimum Gasteiger partial charge on any atom is -0.344 e. The molecular formula is C12H20N2O2. The molecule has 1 saturated heterocycles. The average Bonchev–Trinajstić information content (AvgIpc) is 2.23. The summed E-state index contributed by atoms with van der Waals surface area (Å²) in [5.41, 5.74) is 0. The van der Waals surface area contributed by atoms with Crippen molar-refractivity contribution in [3.8, 4) is 0 Å². The van der Waals surface area contributed by atoms with Crippen molar-refractivity contribution in [1.82, 2.24) is 10.2 Å². The molecule has 0 aliphatic carbocycles. The highest BCUT2D eigenvalue weighted by molar-refractivity contribution is 6.35. The van der Waals surface area contributed by atoms with Crippen LogP contribution in [0.3, 0.4) is 0 Å². The summed E-state index contributed by atoms with van der Waals surface area (Å²) in [6.07, 6.45) is 2.69. The van der Waals surface area contributed by atoms with Crippen molar-refractivity contribution in [2.75, 3.05) is 19.6 Å². The van der Waals surface area contributed by atoms with E-state index in [4.69, 9.17) is 0 Å². The van der Waals surface area contributed by atoms with E-state index in [1.807, 2.05) is 0 Å². The third kappa shape index (κ3) is 3.36. The van der Waals surface area contributed by atoms with Crippen LogP contribution in [-0.2, 0) is 9.59 Å². The maximum absolute atomic E-state index is 11.8. The molecule has 0 spiro atoms. The Labute approximate surface area is 96.7 Å². The number of likely N-dealkylation sites (tertiary alicyclic amines) is 1. The quantitative estimate of drug-likeness (QED) is 0.557. The van der Waals surface area contributed by atoms with Gasteiger partial charge in [0.2, 0.25) is 0 Å². The predicted molar refractivity (Wildman–Crippen MR) is 62.7 cm³/mol. The van der Waals surface area contributed by atoms with Crippen molar-refractivity contribution in [2.45, 2.75) is 20.3 Å². The van der Waals surface area contributed by atoms with Crippen LogP contribution in [-0.4, -0.2) is 36.3 Å². The van der Waals surface area contributed by atoms with Crippen molar-refractivity contribution in [3.05, 3.63) is 12.7 Å². The number of piperidine rings is 1. The van der Waals surface area contributed by atoms with Gasteiger partial charge < -0.3 is 10.2 Å². The van der Waals surface area contributed by atoms with Gasteiger partial charge in [0.1, 0.15) is 0 Å². The summed E-state index contributed by atoms with van der Waals surface area (Å²) in [7, 11) is 0. The summed E-state index contributed by atoms with van der Waals surface area (Å²) in [6, 6.07) is 0. The second-order valence-corrected chi connectivity index (χ2v) is 4.65. The summed E-state index contributed by atoms with van der Waals surface area (Å²) in [4.78, 5) is 24.9. The number of rotatable bonds is 2. The van der Waals surface area contributed by atoms with E-state index in [0.29, 0.717) is 31.5 Å². The standard InChI is InChI=1S/C12H20N2O2/c1-4-5-13-11(15)12(16)14-7-9(2)6-10(3)8-14/h4,9-10H,1,5-8H2,2-3H3,(H,13,15). The molecule has 1 aliphatic heterocycles. The van der Waals surface area contributed by atoms with E-state index in [1.54, 1.807) is 11.0 Å². The molecule has 1 rings (SSSR count). The summed E-state index contributed by atoms with van der Waals surface area (Å²) in [5.74, 6) is 0.00117. The van der Waals surface area contributed by atoms with Gasteiger partial charge >= 0.3 is 11.8 Å². The fraction of sp³-hybridized carbons (Fsp3) is 0.667. The van der Waals surface area contributed by atoms with E-state index in [9.17, 15) is 9.59 Å². The van der Waals surface area contributed by atoms with Crippen LogP contribution >= 0.6 is 0 Å². The second-order valence-electron chi connectivity index (χ2n) is 4.65. The van der Waals surface area contributed by atoms with Crippen LogP contribution in [0.4, 0.5) is 0 Å². The lowest BCUT2D eigenvalue weighted by molar-refractivity contribution is -0.147. The third-order valence-corrected chi connectivity index (χ3v) is 2.76. The maximum Gasteiger partial charge on any atom is 0.311 e. The molecule has 2 atom stereocenters. The summed E-state index contributed by atoms with van der Waals surface area (Å²) >= 11 is 0. The molecule has 90 valence electrons. The summed E-state index contributed by atoms with van der Waals surface area (Å²) in [5, 5.41) is 2.51. The molecule has 1 aliphatic rings. The molecule has 16 heavy (non-hydrogen) atoms. The zero-order chi connectivity index (χ0) is 12.1. The number of nitrogens with zero attached hydrogens (tertiary/aromatic N) is 1. The van der Waals surface area contributed by atoms with Gasteiger partial charge in [0.15, 0.2) is 0 Å². The van der Waals surface area contributed by atoms with Crippen molar-refractivity contribution in [1.29, 1.82) is 0 Å². The Morgan fingerprint density at radius 2 is 1.94 bits per heavy atom. The highest BCUT2D eigenvalue weighted by atomic mass is 16.2. The first-order valence-electron chi connectivity index (χ1n) is 5.72. The molecule has 0 aromatic rings. The Hall–Kier alpha value is -1.32. The first kappa shape index (κ1) is 12.7. The molecule has 2 unspecified atom stereocenters. The van der Waals surface area contributed by atoms with Crippen molar-refractivity contribution in [3.63, 3.8) is 0 Å². The number of hydrogen-bond acceptors (Lipinski definition) is 2. The number of amides is 2. The molecule has 1 heterocycles. The van der Waals surface area contributed by atoms with Gasteiger partial charge in [-0.2, -0.15) is 0 Å². The fourth-order valence-corrected chi connectivity index (χ4v) is 2.21. The molecule has 4 heteroatoms. The molecule has 2 amide bonds. The van der Waals surface area contributed by atoms with Crippen LogP contribution < -0.4 is 5.32 Å². The Balaban J connectivity index is 2.52. The minimum absolute atomic E-state index is 0.337. The summed E-state index contributed by atoms with van der Waals surface area (Å²) in [6.45, 7) is 9.41. The largest absolute Gasteiger partial charge is 0.344 e. The van der Waals surface area contributed by atoms with Gasteiger partial charge in [0, 0.05) is 19.6 Å². The molecule has 0 aromatic carbocycles. The van der Waals surface area contributed by atoms with Gasteiger partial charge in [-0.3, -0.25) is 9.59 Å². The number of hydrogen-bond donors (Lipinski definition) is 1. The van der Waals surface area contributed by atoms with Crippen molar-refractivity contribution >= 4 is 11.8 Å². The van der Waals surface area contributed by atoms with Gasteiger partial charge in [-0.05, 0) is 18.3 Å². The SMILES string of the molecule is C=CCNC(=O)C(=O)N1CC(C)CC(C)C1. The van der Waals surface area contributed by atoms with Gasteiger partial charge in [0.25, 0.3) is 0 Å². The van der Waals surface area contributed by atoms with E-state index in [1.165, 1.54) is 0 Å². The average molecular weight is 224 g/mol. The molecule has 1 N–H and O–H groups in total. The first-order chi connectivity index (χ1) is 7.54. The van der Waals surface area contributed by atoms with E-state index in [0.717, 1.165) is 6.42 Å². The van der Waals surface area contributed by atoms with E-state index in [2.05, 4.69) is 25.7 Å². The highest BCUT2D eigenvalue weighted by Gasteiger charge is 2.28. The van der Waals surface area contributed by atoms with Crippen LogP contribution in [0.1, 0.15) is 20.3 Å². The summed E-state index contributed by atoms with van der Waals surface area (Å²) < 4.78 is 0. The highest BCUT2D eigenvalue weighted by Crippen LogP contribution is 2.20. The van der Waals surface area contributed by atoms with Crippen LogP contribution in [0.5, 0.6) is 0 Å². The van der Waals surface area contributed by atoms with E-state index >= 15 is 0 Å². The van der Waals surface area contributed by atoms with Crippen molar-refractivity contribution in [2.24, 2.45) is 11.8 Å². The number of carbonyl (C=O) groups excluding carboxylic acids is 2. The zero-order valence-electron chi connectivity index (χ0n) is 10.0. The third-order valence-electron chi connectivity index (χ3n) is 2.76. The predicted octanol–water partition coefficient (Wildman–Crippen LogP) is 0.793. The van der Waals surface area contributed by atoms with Gasteiger partial charge in [-0.25, -0.2) is 0 Å². The molecule has 0 radical (unpaired) electrons. The van der Waals surface area contributed by atoms with Gasteiger partial charge in [-0.15, -0.1) is 6.58 Å². The van der Waals surface area contributed by atoms with Crippen LogP contribution in [0, 0.1) is 11.8 Å². The molecule has 4 nitrogen and oxygen atoms in total. The van der Waals surface area contributed by atoms with Crippen LogP contribution in [0.25, 0.3) is 0 Å². The molecule has 0 aromatic heterocycles. The van der Waals surface area contributed by atoms with Gasteiger partial charge in [-0.1, -0.05) is 19.9 Å². The molecule has 0 saturated carbocycles. The lowest BCUT2D eigenvalue weighted by Crippen LogP contribution is -2.48. The first-order valence-corrected chi connectivity index (χ1v) is 5.72. The van der Waals surface area contributed by atoms with Crippen molar-refractivity contribution < 1.29 is 9.59 Å². The number of carbonyl (C=O) groups is 2. The Morgan fingerprint density at radius 1 is 1.38 bits per heavy atom. The second kappa shape index (κ2) is 5.68. The molecule has 1 fully saturated rings. The Kier molecular flexibility index (Phi) is 4.52. The molecule has 0 bridgehead atoms. The smallest absolute Gasteiger partial charge is 0.311 e. The van der Waals surface area contributed by atoms with Crippen LogP contribution in [0.15, 0.2) is 12.7 Å². The zero-order valence-corrected chi connectivity index (χ0v) is 10.0. The number of nitrogens with one attached hydrogen (secondary N) is 1. The lowest BCUT2D eigenvalue weighted by atomic mass is 9.92. The Bertz CT molecular complexity index is 279. The maximum atomic E-state index is 11.8. The van der Waals surface area contributed by atoms with E-state index in [-0.39, 0.29) is 0 Å². The monoisotopic (exact) mass is 224 g/mol. The van der Waals surface area contributed by atoms with Gasteiger partial charge in [0.05, 0.1) is 0 Å². The normalized spacial score (nSPS) is 25.0. The van der Waals surface area contributed by atoms with E-state index < -0.39 is 11.8 Å². The van der Waals surface area contributed by atoms with Crippen LogP contribution in [0.2, 0.25) is 0 Å². The lowest BCUT2D eigenvalue weighted by Gasteiger charge is -2.34. The Morgan fingerprint density at radius 3 is 2.44 bits per heavy atom. The fourth-order valence-electron chi connectivity index (χ4n) is 2.21. The topological polar surface area (TPSA) is 49.4 Å².